The third kappa shape index (κ3) is 2.46. The molecule has 3 nitrogen and oxygen atoms in total. The quantitative estimate of drug-likeness (QED) is 0.844. The summed E-state index contributed by atoms with van der Waals surface area (Å²) in [6.07, 6.45) is 4.76. The van der Waals surface area contributed by atoms with Crippen molar-refractivity contribution in [2.24, 2.45) is 17.1 Å². The highest BCUT2D eigenvalue weighted by Crippen LogP contribution is 2.46. The highest BCUT2D eigenvalue weighted by molar-refractivity contribution is 7.80. The number of nitrogens with one attached hydrogen (secondary N) is 1. The van der Waals surface area contributed by atoms with E-state index < -0.39 is 5.41 Å². The minimum absolute atomic E-state index is 0.0230. The van der Waals surface area contributed by atoms with Gasteiger partial charge in [0.2, 0.25) is 5.91 Å². The van der Waals surface area contributed by atoms with Crippen molar-refractivity contribution in [3.8, 4) is 0 Å². The molecular weight excluding hydrogens is 280 g/mol. The zero-order chi connectivity index (χ0) is 15.0. The Bertz CT molecular complexity index is 578. The van der Waals surface area contributed by atoms with Crippen LogP contribution in [0.5, 0.6) is 0 Å². The largest absolute Gasteiger partial charge is 0.392 e. The van der Waals surface area contributed by atoms with Crippen molar-refractivity contribution in [2.75, 3.05) is 0 Å². The smallest absolute Gasteiger partial charge is 0.233 e. The topological polar surface area (TPSA) is 55.1 Å². The SMILES string of the molecule is CC1CC(C(=O)NC2CCCc3ccccc32)(C(N)=S)C1. The molecule has 0 spiro atoms. The van der Waals surface area contributed by atoms with Gasteiger partial charge in [-0.25, -0.2) is 0 Å². The van der Waals surface area contributed by atoms with Gasteiger partial charge < -0.3 is 11.1 Å². The maximum atomic E-state index is 12.7. The average molecular weight is 302 g/mol. The second-order valence-electron chi connectivity index (χ2n) is 6.58. The molecule has 1 aromatic rings. The van der Waals surface area contributed by atoms with Gasteiger partial charge in [0, 0.05) is 0 Å². The van der Waals surface area contributed by atoms with E-state index in [1.54, 1.807) is 0 Å². The minimum Gasteiger partial charge on any atom is -0.392 e. The van der Waals surface area contributed by atoms with E-state index in [0.717, 1.165) is 32.1 Å². The number of thiocarbonyl (C=S) groups is 1. The van der Waals surface area contributed by atoms with Gasteiger partial charge in [-0.2, -0.15) is 0 Å². The van der Waals surface area contributed by atoms with Crippen LogP contribution in [0.1, 0.15) is 49.8 Å². The summed E-state index contributed by atoms with van der Waals surface area (Å²) in [5, 5.41) is 3.21. The number of hydrogen-bond acceptors (Lipinski definition) is 2. The first-order valence-electron chi connectivity index (χ1n) is 7.71. The van der Waals surface area contributed by atoms with Gasteiger partial charge in [-0.3, -0.25) is 4.79 Å². The molecule has 1 amide bonds. The maximum Gasteiger partial charge on any atom is 0.233 e. The van der Waals surface area contributed by atoms with Crippen LogP contribution in [0, 0.1) is 11.3 Å². The Morgan fingerprint density at radius 3 is 2.76 bits per heavy atom. The zero-order valence-electron chi connectivity index (χ0n) is 12.4. The molecule has 0 aromatic heterocycles. The number of fused-ring (bicyclic) bond motifs is 1. The molecule has 2 aliphatic carbocycles. The summed E-state index contributed by atoms with van der Waals surface area (Å²) in [4.78, 5) is 13.1. The van der Waals surface area contributed by atoms with E-state index in [2.05, 4.69) is 30.4 Å². The summed E-state index contributed by atoms with van der Waals surface area (Å²) in [5.74, 6) is 0.547. The molecule has 1 fully saturated rings. The molecule has 3 N–H and O–H groups in total. The molecule has 1 atom stereocenters. The number of amides is 1. The third-order valence-corrected chi connectivity index (χ3v) is 5.37. The standard InChI is InChI=1S/C17H22N2OS/c1-11-9-17(10-11,15(18)21)16(20)19-14-8-4-6-12-5-2-3-7-13(12)14/h2-3,5,7,11,14H,4,6,8-10H2,1H3,(H2,18,21)(H,19,20). The molecule has 0 saturated heterocycles. The van der Waals surface area contributed by atoms with Gasteiger partial charge in [0.05, 0.1) is 16.4 Å². The Balaban J connectivity index is 1.78. The minimum atomic E-state index is -0.610. The molecule has 0 radical (unpaired) electrons. The van der Waals surface area contributed by atoms with E-state index in [4.69, 9.17) is 18.0 Å². The van der Waals surface area contributed by atoms with Crippen molar-refractivity contribution >= 4 is 23.1 Å². The summed E-state index contributed by atoms with van der Waals surface area (Å²) in [6.45, 7) is 2.14. The predicted molar refractivity (Wildman–Crippen MR) is 87.9 cm³/mol. The van der Waals surface area contributed by atoms with E-state index >= 15 is 0 Å². The molecule has 112 valence electrons. The third-order valence-electron chi connectivity index (χ3n) is 4.97. The van der Waals surface area contributed by atoms with Crippen LogP contribution in [0.3, 0.4) is 0 Å². The summed E-state index contributed by atoms with van der Waals surface area (Å²) in [7, 11) is 0. The lowest BCUT2D eigenvalue weighted by Crippen LogP contribution is -2.56. The molecule has 21 heavy (non-hydrogen) atoms. The van der Waals surface area contributed by atoms with E-state index in [-0.39, 0.29) is 11.9 Å². The highest BCUT2D eigenvalue weighted by Gasteiger charge is 2.51. The Kier molecular flexibility index (Phi) is 3.74. The molecule has 1 saturated carbocycles. The second-order valence-corrected chi connectivity index (χ2v) is 7.02. The summed E-state index contributed by atoms with van der Waals surface area (Å²) >= 11 is 5.17. The molecule has 0 aliphatic heterocycles. The fraction of sp³-hybridized carbons (Fsp3) is 0.529. The van der Waals surface area contributed by atoms with E-state index in [1.165, 1.54) is 11.1 Å². The number of rotatable bonds is 3. The van der Waals surface area contributed by atoms with E-state index in [0.29, 0.717) is 10.9 Å². The van der Waals surface area contributed by atoms with Crippen LogP contribution in [-0.4, -0.2) is 10.9 Å². The molecule has 3 rings (SSSR count). The number of carbonyl (C=O) groups is 1. The van der Waals surface area contributed by atoms with Crippen LogP contribution >= 0.6 is 12.2 Å². The summed E-state index contributed by atoms with van der Waals surface area (Å²) < 4.78 is 0. The molecule has 0 heterocycles. The lowest BCUT2D eigenvalue weighted by atomic mass is 9.61. The molecular formula is C17H22N2OS. The Hall–Kier alpha value is -1.42. The van der Waals surface area contributed by atoms with Gasteiger partial charge in [0.1, 0.15) is 0 Å². The number of nitrogens with two attached hydrogens (primary N) is 1. The van der Waals surface area contributed by atoms with Crippen LogP contribution in [0.2, 0.25) is 0 Å². The monoisotopic (exact) mass is 302 g/mol. The van der Waals surface area contributed by atoms with Gasteiger partial charge >= 0.3 is 0 Å². The van der Waals surface area contributed by atoms with Crippen molar-refractivity contribution in [3.05, 3.63) is 35.4 Å². The van der Waals surface area contributed by atoms with Crippen molar-refractivity contribution in [1.29, 1.82) is 0 Å². The van der Waals surface area contributed by atoms with Crippen LogP contribution in [-0.2, 0) is 11.2 Å². The van der Waals surface area contributed by atoms with Crippen molar-refractivity contribution in [2.45, 2.75) is 45.1 Å². The molecule has 1 unspecified atom stereocenters. The molecule has 4 heteroatoms. The number of hydrogen-bond donors (Lipinski definition) is 2. The first kappa shape index (κ1) is 14.5. The number of carbonyl (C=O) groups excluding carboxylic acids is 1. The number of benzene rings is 1. The average Bonchev–Trinajstić information content (AvgIpc) is 2.43. The fourth-order valence-electron chi connectivity index (χ4n) is 3.83. The predicted octanol–water partition coefficient (Wildman–Crippen LogP) is 2.88. The van der Waals surface area contributed by atoms with Crippen LogP contribution < -0.4 is 11.1 Å². The van der Waals surface area contributed by atoms with Crippen LogP contribution in [0.25, 0.3) is 0 Å². The van der Waals surface area contributed by atoms with Crippen molar-refractivity contribution in [3.63, 3.8) is 0 Å². The van der Waals surface area contributed by atoms with Crippen molar-refractivity contribution in [1.82, 2.24) is 5.32 Å². The lowest BCUT2D eigenvalue weighted by molar-refractivity contribution is -0.133. The van der Waals surface area contributed by atoms with Gasteiger partial charge in [0.15, 0.2) is 0 Å². The second kappa shape index (κ2) is 5.41. The first-order chi connectivity index (χ1) is 10.0. The zero-order valence-corrected chi connectivity index (χ0v) is 13.2. The highest BCUT2D eigenvalue weighted by atomic mass is 32.1. The lowest BCUT2D eigenvalue weighted by Gasteiger charge is -2.45. The maximum absolute atomic E-state index is 12.7. The van der Waals surface area contributed by atoms with Gasteiger partial charge in [0.25, 0.3) is 0 Å². The summed E-state index contributed by atoms with van der Waals surface area (Å²) in [5.41, 5.74) is 7.86. The summed E-state index contributed by atoms with van der Waals surface area (Å²) in [6, 6.07) is 8.48. The van der Waals surface area contributed by atoms with Gasteiger partial charge in [-0.1, -0.05) is 43.4 Å². The van der Waals surface area contributed by atoms with Crippen molar-refractivity contribution < 1.29 is 4.79 Å². The van der Waals surface area contributed by atoms with E-state index in [9.17, 15) is 4.79 Å². The molecule has 1 aromatic carbocycles. The normalized spacial score (nSPS) is 30.9. The van der Waals surface area contributed by atoms with Gasteiger partial charge in [-0.05, 0) is 49.1 Å². The number of aryl methyl sites for hydroxylation is 1. The first-order valence-corrected chi connectivity index (χ1v) is 8.12. The van der Waals surface area contributed by atoms with Gasteiger partial charge in [-0.15, -0.1) is 0 Å². The van der Waals surface area contributed by atoms with Crippen LogP contribution in [0.4, 0.5) is 0 Å². The molecule has 2 aliphatic rings. The van der Waals surface area contributed by atoms with E-state index in [1.807, 2.05) is 6.07 Å². The fourth-order valence-corrected chi connectivity index (χ4v) is 4.09. The Morgan fingerprint density at radius 2 is 2.10 bits per heavy atom. The Labute approximate surface area is 131 Å². The van der Waals surface area contributed by atoms with Crippen LogP contribution in [0.15, 0.2) is 24.3 Å². The molecule has 0 bridgehead atoms. The Morgan fingerprint density at radius 1 is 1.38 bits per heavy atom.